The number of rotatable bonds is 7. The van der Waals surface area contributed by atoms with Gasteiger partial charge in [0.25, 0.3) is 5.56 Å². The van der Waals surface area contributed by atoms with E-state index in [1.165, 1.54) is 23.7 Å². The molecule has 1 saturated carbocycles. The van der Waals surface area contributed by atoms with Crippen molar-refractivity contribution in [1.82, 2.24) is 9.13 Å². The van der Waals surface area contributed by atoms with Gasteiger partial charge in [0.1, 0.15) is 36.8 Å². The first-order valence-electron chi connectivity index (χ1n) is 15.3. The Bertz CT molecular complexity index is 2420. The van der Waals surface area contributed by atoms with Gasteiger partial charge in [0.15, 0.2) is 11.6 Å². The molecule has 236 valence electrons. The zero-order chi connectivity index (χ0) is 33.0. The van der Waals surface area contributed by atoms with E-state index in [2.05, 4.69) is 30.3 Å². The molecule has 1 fully saturated rings. The Kier molecular flexibility index (Phi) is 7.35. The molecular weight excluding hydrogens is 600 g/mol. The smallest absolute Gasteiger partial charge is 0.331 e. The van der Waals surface area contributed by atoms with E-state index in [-0.39, 0.29) is 53.7 Å². The second-order valence-electron chi connectivity index (χ2n) is 11.8. The lowest BCUT2D eigenvalue weighted by Crippen LogP contribution is -2.41. The van der Waals surface area contributed by atoms with Crippen LogP contribution >= 0.6 is 0 Å². The van der Waals surface area contributed by atoms with Crippen molar-refractivity contribution in [2.24, 2.45) is 7.05 Å². The summed E-state index contributed by atoms with van der Waals surface area (Å²) in [6.45, 7) is 0.842. The van der Waals surface area contributed by atoms with Crippen molar-refractivity contribution >= 4 is 66.5 Å². The summed E-state index contributed by atoms with van der Waals surface area (Å²) < 4.78 is 13.4. The van der Waals surface area contributed by atoms with Gasteiger partial charge in [-0.25, -0.2) is 9.36 Å². The molecule has 1 aromatic heterocycles. The molecule has 0 bridgehead atoms. The topological polar surface area (TPSA) is 134 Å². The van der Waals surface area contributed by atoms with Crippen LogP contribution in [0.3, 0.4) is 0 Å². The van der Waals surface area contributed by atoms with E-state index in [1.54, 1.807) is 6.92 Å². The molecule has 0 saturated heterocycles. The van der Waals surface area contributed by atoms with E-state index in [9.17, 15) is 29.1 Å². The minimum Gasteiger partial charge on any atom is -0.506 e. The SMILES string of the molecule is Cc1c(C(O)=C2C(=O)CCCC2=O)ccc2c1c(=O)n(CC(=O)OCCOc1ccc3ccc4cccc5ccc1c3c45)c(=O)n2C. The molecule has 0 amide bonds. The Hall–Kier alpha value is -5.77. The van der Waals surface area contributed by atoms with Gasteiger partial charge in [-0.15, -0.1) is 0 Å². The second-order valence-corrected chi connectivity index (χ2v) is 11.8. The monoisotopic (exact) mass is 630 g/mol. The third-order valence-electron chi connectivity index (χ3n) is 9.02. The predicted molar refractivity (Wildman–Crippen MR) is 178 cm³/mol. The third-order valence-corrected chi connectivity index (χ3v) is 9.02. The first kappa shape index (κ1) is 29.9. The number of aromatic nitrogens is 2. The zero-order valence-electron chi connectivity index (χ0n) is 25.8. The summed E-state index contributed by atoms with van der Waals surface area (Å²) >= 11 is 0. The van der Waals surface area contributed by atoms with E-state index in [0.717, 1.165) is 36.9 Å². The minimum atomic E-state index is -0.806. The summed E-state index contributed by atoms with van der Waals surface area (Å²) in [5.41, 5.74) is -1.10. The van der Waals surface area contributed by atoms with E-state index >= 15 is 0 Å². The Morgan fingerprint density at radius 1 is 0.809 bits per heavy atom. The van der Waals surface area contributed by atoms with Crippen molar-refractivity contribution < 1.29 is 29.0 Å². The van der Waals surface area contributed by atoms with Crippen LogP contribution in [-0.2, 0) is 32.7 Å². The standard InChI is InChI=1S/C37H30N2O8/c1-20-24(35(43)34-27(40)7-4-8-28(34)41)14-15-26-31(20)36(44)39(37(45)38(26)2)19-30(42)47-18-17-46-29-16-12-23-10-9-21-5-3-6-22-11-13-25(29)33(23)32(21)22/h3,5-6,9-16,43H,4,7-8,17-19H2,1-2H3. The number of hydrogen-bond donors (Lipinski definition) is 1. The van der Waals surface area contributed by atoms with Gasteiger partial charge < -0.3 is 14.6 Å². The molecule has 7 rings (SSSR count). The molecule has 10 nitrogen and oxygen atoms in total. The average molecular weight is 631 g/mol. The lowest BCUT2D eigenvalue weighted by atomic mass is 9.88. The molecule has 0 radical (unpaired) electrons. The van der Waals surface area contributed by atoms with Crippen LogP contribution in [0, 0.1) is 6.92 Å². The summed E-state index contributed by atoms with van der Waals surface area (Å²) in [7, 11) is 1.46. The molecule has 1 aliphatic carbocycles. The number of carbonyl (C=O) groups is 3. The molecule has 5 aromatic carbocycles. The normalized spacial score (nSPS) is 13.7. The number of carbonyl (C=O) groups excluding carboxylic acids is 3. The van der Waals surface area contributed by atoms with Gasteiger partial charge in [0, 0.05) is 36.2 Å². The molecule has 0 spiro atoms. The maximum Gasteiger partial charge on any atom is 0.331 e. The van der Waals surface area contributed by atoms with Gasteiger partial charge in [-0.2, -0.15) is 0 Å². The Morgan fingerprint density at radius 2 is 1.47 bits per heavy atom. The molecule has 1 N–H and O–H groups in total. The number of fused-ring (bicyclic) bond motifs is 1. The number of hydrogen-bond acceptors (Lipinski definition) is 8. The molecule has 6 aromatic rings. The number of aryl methyl sites for hydroxylation is 2. The Labute approximate surface area is 267 Å². The highest BCUT2D eigenvalue weighted by molar-refractivity contribution is 6.26. The van der Waals surface area contributed by atoms with E-state index in [0.29, 0.717) is 12.2 Å². The second kappa shape index (κ2) is 11.5. The summed E-state index contributed by atoms with van der Waals surface area (Å²) in [6, 6.07) is 21.2. The molecule has 0 aliphatic heterocycles. The molecule has 1 aliphatic rings. The van der Waals surface area contributed by atoms with Crippen molar-refractivity contribution in [3.63, 3.8) is 0 Å². The predicted octanol–water partition coefficient (Wildman–Crippen LogP) is 5.12. The number of Topliss-reactive ketones (excluding diaryl/α,β-unsaturated/α-hetero) is 2. The van der Waals surface area contributed by atoms with Crippen molar-refractivity contribution in [3.05, 3.63) is 104 Å². The van der Waals surface area contributed by atoms with Crippen molar-refractivity contribution in [1.29, 1.82) is 0 Å². The van der Waals surface area contributed by atoms with Gasteiger partial charge in [-0.05, 0) is 64.7 Å². The number of allylic oxidation sites excluding steroid dienone is 1. The first-order valence-corrected chi connectivity index (χ1v) is 15.3. The minimum absolute atomic E-state index is 0.0498. The molecule has 10 heteroatoms. The van der Waals surface area contributed by atoms with Crippen LogP contribution in [-0.4, -0.2) is 45.0 Å². The average Bonchev–Trinajstić information content (AvgIpc) is 3.06. The fourth-order valence-electron chi connectivity index (χ4n) is 6.68. The van der Waals surface area contributed by atoms with Gasteiger partial charge in [-0.3, -0.25) is 23.7 Å². The lowest BCUT2D eigenvalue weighted by Gasteiger charge is -2.17. The van der Waals surface area contributed by atoms with Gasteiger partial charge >= 0.3 is 11.7 Å². The Balaban J connectivity index is 1.11. The highest BCUT2D eigenvalue weighted by Gasteiger charge is 2.29. The number of aliphatic hydroxyl groups is 1. The fraction of sp³-hybridized carbons (Fsp3) is 0.216. The van der Waals surface area contributed by atoms with Gasteiger partial charge in [0.2, 0.25) is 0 Å². The first-order chi connectivity index (χ1) is 22.7. The van der Waals surface area contributed by atoms with Crippen LogP contribution in [0.15, 0.2) is 81.9 Å². The van der Waals surface area contributed by atoms with Gasteiger partial charge in [-0.1, -0.05) is 42.5 Å². The third kappa shape index (κ3) is 4.93. The largest absolute Gasteiger partial charge is 0.506 e. The molecule has 1 heterocycles. The molecular formula is C37H30N2O8. The number of benzene rings is 5. The Morgan fingerprint density at radius 3 is 2.19 bits per heavy atom. The summed E-state index contributed by atoms with van der Waals surface area (Å²) in [5.74, 6) is -1.57. The highest BCUT2D eigenvalue weighted by atomic mass is 16.6. The molecule has 0 atom stereocenters. The van der Waals surface area contributed by atoms with Crippen LogP contribution in [0.5, 0.6) is 5.75 Å². The van der Waals surface area contributed by atoms with E-state index in [4.69, 9.17) is 9.47 Å². The zero-order valence-corrected chi connectivity index (χ0v) is 25.8. The van der Waals surface area contributed by atoms with Crippen molar-refractivity contribution in [2.75, 3.05) is 13.2 Å². The van der Waals surface area contributed by atoms with E-state index in [1.807, 2.05) is 24.3 Å². The number of ketones is 2. The number of esters is 1. The van der Waals surface area contributed by atoms with Crippen LogP contribution < -0.4 is 16.0 Å². The van der Waals surface area contributed by atoms with Crippen molar-refractivity contribution in [3.8, 4) is 5.75 Å². The summed E-state index contributed by atoms with van der Waals surface area (Å²) in [5, 5.41) is 17.6. The van der Waals surface area contributed by atoms with Crippen LogP contribution in [0.4, 0.5) is 0 Å². The number of ether oxygens (including phenoxy) is 2. The van der Waals surface area contributed by atoms with Crippen LogP contribution in [0.25, 0.3) is 49.0 Å². The maximum absolute atomic E-state index is 13.6. The van der Waals surface area contributed by atoms with Crippen LogP contribution in [0.2, 0.25) is 0 Å². The lowest BCUT2D eigenvalue weighted by molar-refractivity contribution is -0.145. The number of nitrogens with zero attached hydrogens (tertiary/aromatic N) is 2. The summed E-state index contributed by atoms with van der Waals surface area (Å²) in [4.78, 5) is 64.5. The van der Waals surface area contributed by atoms with Gasteiger partial charge in [0.05, 0.1) is 10.9 Å². The van der Waals surface area contributed by atoms with E-state index < -0.39 is 41.1 Å². The maximum atomic E-state index is 13.6. The van der Waals surface area contributed by atoms with Crippen LogP contribution in [0.1, 0.15) is 30.4 Å². The molecule has 47 heavy (non-hydrogen) atoms. The fourth-order valence-corrected chi connectivity index (χ4v) is 6.68. The summed E-state index contributed by atoms with van der Waals surface area (Å²) in [6.07, 6.45) is 0.704. The van der Waals surface area contributed by atoms with Crippen molar-refractivity contribution in [2.45, 2.75) is 32.7 Å². The number of aliphatic hydroxyl groups excluding tert-OH is 1. The quantitative estimate of drug-likeness (QED) is 0.0642. The molecule has 0 unspecified atom stereocenters. The highest BCUT2D eigenvalue weighted by Crippen LogP contribution is 2.38.